The molecule has 1 radical (unpaired) electrons. The van der Waals surface area contributed by atoms with Crippen LogP contribution in [0.2, 0.25) is 0 Å². The monoisotopic (exact) mass is 158 g/mol. The predicted octanol–water partition coefficient (Wildman–Crippen LogP) is 1.16. The molecular formula is C6H6F2N3. The zero-order valence-electron chi connectivity index (χ0n) is 5.64. The van der Waals surface area contributed by atoms with Crippen molar-refractivity contribution in [2.24, 2.45) is 0 Å². The van der Waals surface area contributed by atoms with Crippen molar-refractivity contribution in [2.45, 2.75) is 18.8 Å². The van der Waals surface area contributed by atoms with Crippen molar-refractivity contribution in [3.05, 3.63) is 17.8 Å². The van der Waals surface area contributed by atoms with Crippen LogP contribution in [-0.2, 0) is 0 Å². The molecule has 0 aliphatic heterocycles. The Bertz CT molecular complexity index is 236. The van der Waals surface area contributed by atoms with Gasteiger partial charge in [-0.25, -0.2) is 8.78 Å². The van der Waals surface area contributed by atoms with Crippen molar-refractivity contribution in [1.29, 1.82) is 0 Å². The van der Waals surface area contributed by atoms with E-state index in [1.54, 1.807) is 0 Å². The number of hydrogen-bond donors (Lipinski definition) is 1. The second-order valence-corrected chi connectivity index (χ2v) is 2.67. The van der Waals surface area contributed by atoms with Gasteiger partial charge in [0, 0.05) is 25.0 Å². The summed E-state index contributed by atoms with van der Waals surface area (Å²) >= 11 is 0. The molecule has 2 rings (SSSR count). The average Bonchev–Trinajstić information content (AvgIpc) is 2.32. The van der Waals surface area contributed by atoms with E-state index in [-0.39, 0.29) is 12.8 Å². The van der Waals surface area contributed by atoms with Crippen LogP contribution in [0.5, 0.6) is 0 Å². The topological polar surface area (TPSA) is 41.6 Å². The van der Waals surface area contributed by atoms with Crippen LogP contribution in [-0.4, -0.2) is 21.3 Å². The lowest BCUT2D eigenvalue weighted by Crippen LogP contribution is -2.34. The molecular weight excluding hydrogens is 152 g/mol. The zero-order chi connectivity index (χ0) is 7.90. The van der Waals surface area contributed by atoms with Crippen LogP contribution in [0.25, 0.3) is 0 Å². The smallest absolute Gasteiger partial charge is 0.250 e. The number of hydrogen-bond acceptors (Lipinski definition) is 2. The fraction of sp³-hybridized carbons (Fsp3) is 0.500. The minimum absolute atomic E-state index is 0.167. The Morgan fingerprint density at radius 3 is 2.64 bits per heavy atom. The molecule has 0 amide bonds. The molecule has 1 heterocycles. The number of alkyl halides is 2. The van der Waals surface area contributed by atoms with Crippen LogP contribution in [0.4, 0.5) is 8.78 Å². The van der Waals surface area contributed by atoms with Crippen LogP contribution >= 0.6 is 0 Å². The van der Waals surface area contributed by atoms with Crippen LogP contribution in [0.3, 0.4) is 0 Å². The largest absolute Gasteiger partial charge is 0.265 e. The summed E-state index contributed by atoms with van der Waals surface area (Å²) < 4.78 is 24.6. The molecule has 0 bridgehead atoms. The number of aromatic nitrogens is 3. The Labute approximate surface area is 61.8 Å². The molecule has 1 N–H and O–H groups in total. The molecule has 5 heteroatoms. The predicted molar refractivity (Wildman–Crippen MR) is 32.9 cm³/mol. The first kappa shape index (κ1) is 6.69. The van der Waals surface area contributed by atoms with Crippen molar-refractivity contribution in [2.75, 3.05) is 0 Å². The number of rotatable bonds is 1. The number of halogens is 2. The third-order valence-corrected chi connectivity index (χ3v) is 1.72. The molecule has 1 fully saturated rings. The lowest BCUT2D eigenvalue weighted by Gasteiger charge is -2.32. The summed E-state index contributed by atoms with van der Waals surface area (Å²) in [5.74, 6) is -1.82. The van der Waals surface area contributed by atoms with Gasteiger partial charge in [-0.05, 0) is 0 Å². The van der Waals surface area contributed by atoms with E-state index in [0.717, 1.165) is 0 Å². The maximum atomic E-state index is 12.3. The summed E-state index contributed by atoms with van der Waals surface area (Å²) in [6.07, 6.45) is 1.20. The van der Waals surface area contributed by atoms with Gasteiger partial charge in [-0.2, -0.15) is 0 Å². The molecule has 1 aliphatic carbocycles. The van der Waals surface area contributed by atoms with Crippen LogP contribution < -0.4 is 0 Å². The van der Waals surface area contributed by atoms with E-state index in [1.165, 1.54) is 6.20 Å². The highest BCUT2D eigenvalue weighted by Crippen LogP contribution is 2.46. The van der Waals surface area contributed by atoms with E-state index < -0.39 is 5.92 Å². The van der Waals surface area contributed by atoms with Gasteiger partial charge in [-0.3, -0.25) is 5.10 Å². The number of nitrogens with zero attached hydrogens (tertiary/aromatic N) is 2. The Hall–Kier alpha value is -1.00. The highest BCUT2D eigenvalue weighted by atomic mass is 19.3. The van der Waals surface area contributed by atoms with Crippen LogP contribution in [0.1, 0.15) is 18.5 Å². The van der Waals surface area contributed by atoms with Crippen LogP contribution in [0.15, 0.2) is 6.20 Å². The molecule has 1 aliphatic rings. The van der Waals surface area contributed by atoms with Crippen molar-refractivity contribution in [3.8, 4) is 0 Å². The van der Waals surface area contributed by atoms with Gasteiger partial charge in [0.15, 0.2) is 0 Å². The van der Waals surface area contributed by atoms with Gasteiger partial charge in [0.1, 0.15) is 0 Å². The lowest BCUT2D eigenvalue weighted by atomic mass is 9.79. The molecule has 0 atom stereocenters. The first-order chi connectivity index (χ1) is 5.17. The molecule has 11 heavy (non-hydrogen) atoms. The van der Waals surface area contributed by atoms with Gasteiger partial charge in [-0.1, -0.05) is 5.21 Å². The van der Waals surface area contributed by atoms with E-state index in [0.29, 0.717) is 11.6 Å². The van der Waals surface area contributed by atoms with Gasteiger partial charge in [-0.15, -0.1) is 5.10 Å². The van der Waals surface area contributed by atoms with Gasteiger partial charge >= 0.3 is 0 Å². The third-order valence-electron chi connectivity index (χ3n) is 1.72. The molecule has 1 aromatic heterocycles. The highest BCUT2D eigenvalue weighted by molar-refractivity contribution is 5.27. The maximum Gasteiger partial charge on any atom is 0.250 e. The fourth-order valence-electron chi connectivity index (χ4n) is 1.13. The molecule has 0 unspecified atom stereocenters. The number of aromatic amines is 1. The summed E-state index contributed by atoms with van der Waals surface area (Å²) in [5, 5.41) is 9.54. The van der Waals surface area contributed by atoms with E-state index in [1.807, 2.05) is 0 Å². The Morgan fingerprint density at radius 2 is 2.18 bits per heavy atom. The van der Waals surface area contributed by atoms with E-state index >= 15 is 0 Å². The van der Waals surface area contributed by atoms with Crippen molar-refractivity contribution >= 4 is 0 Å². The van der Waals surface area contributed by atoms with Crippen molar-refractivity contribution in [3.63, 3.8) is 0 Å². The van der Waals surface area contributed by atoms with E-state index in [2.05, 4.69) is 15.4 Å². The van der Waals surface area contributed by atoms with Crippen molar-refractivity contribution < 1.29 is 8.78 Å². The normalized spacial score (nSPS) is 23.1. The van der Waals surface area contributed by atoms with Gasteiger partial charge in [0.05, 0.1) is 5.69 Å². The first-order valence-electron chi connectivity index (χ1n) is 3.27. The van der Waals surface area contributed by atoms with Gasteiger partial charge in [0.2, 0.25) is 5.92 Å². The number of H-pyrrole nitrogens is 1. The van der Waals surface area contributed by atoms with Crippen molar-refractivity contribution in [1.82, 2.24) is 15.4 Å². The zero-order valence-corrected chi connectivity index (χ0v) is 5.64. The number of nitrogens with one attached hydrogen (secondary N) is 1. The van der Waals surface area contributed by atoms with Gasteiger partial charge in [0.25, 0.3) is 0 Å². The first-order valence-corrected chi connectivity index (χ1v) is 3.27. The lowest BCUT2D eigenvalue weighted by molar-refractivity contribution is -0.0518. The van der Waals surface area contributed by atoms with Gasteiger partial charge < -0.3 is 0 Å². The minimum Gasteiger partial charge on any atom is -0.265 e. The SMILES string of the molecule is FC1(F)C[C](c2c[nH]nn2)C1. The molecule has 0 aromatic carbocycles. The molecule has 0 saturated heterocycles. The molecule has 59 valence electrons. The fourth-order valence-corrected chi connectivity index (χ4v) is 1.13. The molecule has 3 nitrogen and oxygen atoms in total. The Morgan fingerprint density at radius 1 is 1.45 bits per heavy atom. The second kappa shape index (κ2) is 1.99. The second-order valence-electron chi connectivity index (χ2n) is 2.67. The average molecular weight is 158 g/mol. The highest BCUT2D eigenvalue weighted by Gasteiger charge is 2.47. The Balaban J connectivity index is 2.03. The summed E-state index contributed by atoms with van der Waals surface area (Å²) in [7, 11) is 0. The standard InChI is InChI=1S/C6H6F2N3/c7-6(8)1-4(2-6)5-3-9-11-10-5/h3H,1-2H2,(H,9,10,11). The molecule has 1 aromatic rings. The maximum absolute atomic E-state index is 12.3. The summed E-state index contributed by atoms with van der Waals surface area (Å²) in [4.78, 5) is 0. The molecule has 0 spiro atoms. The Kier molecular flexibility index (Phi) is 1.21. The minimum atomic E-state index is -2.51. The van der Waals surface area contributed by atoms with E-state index in [4.69, 9.17) is 0 Å². The van der Waals surface area contributed by atoms with Crippen LogP contribution in [0, 0.1) is 5.92 Å². The van der Waals surface area contributed by atoms with E-state index in [9.17, 15) is 8.78 Å². The summed E-state index contributed by atoms with van der Waals surface area (Å²) in [5.41, 5.74) is 0.566. The summed E-state index contributed by atoms with van der Waals surface area (Å²) in [6.45, 7) is 0. The third kappa shape index (κ3) is 1.10. The summed E-state index contributed by atoms with van der Waals surface area (Å²) in [6, 6.07) is 0. The quantitative estimate of drug-likeness (QED) is 0.666. The molecule has 1 saturated carbocycles.